The summed E-state index contributed by atoms with van der Waals surface area (Å²) in [5, 5.41) is 9.44. The number of ether oxygens (including phenoxy) is 1. The monoisotopic (exact) mass is 180 g/mol. The third-order valence-corrected chi connectivity index (χ3v) is 2.63. The zero-order valence-electron chi connectivity index (χ0n) is 7.65. The van der Waals surface area contributed by atoms with Crippen molar-refractivity contribution < 1.29 is 14.6 Å². The fourth-order valence-electron chi connectivity index (χ4n) is 2.06. The van der Waals surface area contributed by atoms with Crippen LogP contribution in [-0.2, 0) is 9.53 Å². The maximum Gasteiger partial charge on any atom is 0.315 e. The molecule has 0 amide bonds. The van der Waals surface area contributed by atoms with Gasteiger partial charge in [0.1, 0.15) is 0 Å². The molecule has 0 bridgehead atoms. The van der Waals surface area contributed by atoms with Crippen molar-refractivity contribution in [3.05, 3.63) is 23.3 Å². The maximum atomic E-state index is 11.3. The third kappa shape index (κ3) is 1.20. The molecule has 70 valence electrons. The Kier molecular flexibility index (Phi) is 1.77. The molecule has 0 aromatic carbocycles. The predicted octanol–water partition coefficient (Wildman–Crippen LogP) is 1.00. The van der Waals surface area contributed by atoms with Crippen LogP contribution < -0.4 is 0 Å². The summed E-state index contributed by atoms with van der Waals surface area (Å²) in [4.78, 5) is 11.3. The molecule has 1 aliphatic heterocycles. The highest BCUT2D eigenvalue weighted by Gasteiger charge is 2.44. The molecule has 3 nitrogen and oxygen atoms in total. The standard InChI is InChI=1S/C10H12O3/c1-5-3-6(2)8-7(4-5)9(11)13-10(8)12/h3-4,7-8,10,12H,1-2H3. The lowest BCUT2D eigenvalue weighted by molar-refractivity contribution is -0.155. The summed E-state index contributed by atoms with van der Waals surface area (Å²) < 4.78 is 4.76. The second-order valence-electron chi connectivity index (χ2n) is 3.68. The van der Waals surface area contributed by atoms with Gasteiger partial charge in [-0.2, -0.15) is 0 Å². The Bertz CT molecular complexity index is 314. The maximum absolute atomic E-state index is 11.3. The van der Waals surface area contributed by atoms with Crippen molar-refractivity contribution in [2.45, 2.75) is 20.1 Å². The molecule has 0 saturated carbocycles. The van der Waals surface area contributed by atoms with Gasteiger partial charge in [-0.15, -0.1) is 0 Å². The summed E-state index contributed by atoms with van der Waals surface area (Å²) in [6.45, 7) is 3.86. The number of carbonyl (C=O) groups excluding carboxylic acids is 1. The van der Waals surface area contributed by atoms with Crippen LogP contribution >= 0.6 is 0 Å². The summed E-state index contributed by atoms with van der Waals surface area (Å²) in [6.07, 6.45) is 2.88. The molecule has 1 fully saturated rings. The lowest BCUT2D eigenvalue weighted by atomic mass is 9.82. The van der Waals surface area contributed by atoms with E-state index in [2.05, 4.69) is 0 Å². The van der Waals surface area contributed by atoms with Gasteiger partial charge in [0.05, 0.1) is 11.8 Å². The highest BCUT2D eigenvalue weighted by Crippen LogP contribution is 2.37. The van der Waals surface area contributed by atoms with Gasteiger partial charge in [-0.1, -0.05) is 23.3 Å². The zero-order valence-corrected chi connectivity index (χ0v) is 7.65. The Morgan fingerprint density at radius 2 is 2.15 bits per heavy atom. The van der Waals surface area contributed by atoms with E-state index in [-0.39, 0.29) is 17.8 Å². The first-order valence-electron chi connectivity index (χ1n) is 4.35. The summed E-state index contributed by atoms with van der Waals surface area (Å²) in [7, 11) is 0. The van der Waals surface area contributed by atoms with Crippen LogP contribution in [0.15, 0.2) is 23.3 Å². The first-order chi connectivity index (χ1) is 6.09. The lowest BCUT2D eigenvalue weighted by Gasteiger charge is -2.20. The van der Waals surface area contributed by atoms with E-state index in [1.54, 1.807) is 0 Å². The number of aliphatic hydroxyl groups excluding tert-OH is 1. The molecular weight excluding hydrogens is 168 g/mol. The van der Waals surface area contributed by atoms with Crippen LogP contribution in [0.4, 0.5) is 0 Å². The zero-order chi connectivity index (χ0) is 9.59. The largest absolute Gasteiger partial charge is 0.435 e. The van der Waals surface area contributed by atoms with Gasteiger partial charge < -0.3 is 9.84 Å². The fraction of sp³-hybridized carbons (Fsp3) is 0.500. The van der Waals surface area contributed by atoms with Gasteiger partial charge in [-0.05, 0) is 13.8 Å². The van der Waals surface area contributed by atoms with Crippen molar-refractivity contribution in [2.75, 3.05) is 0 Å². The Hall–Kier alpha value is -1.09. The summed E-state index contributed by atoms with van der Waals surface area (Å²) in [6, 6.07) is 0. The molecule has 3 heteroatoms. The van der Waals surface area contributed by atoms with Gasteiger partial charge in [0, 0.05) is 0 Å². The third-order valence-electron chi connectivity index (χ3n) is 2.63. The molecule has 2 rings (SSSR count). The summed E-state index contributed by atoms with van der Waals surface area (Å²) in [5.74, 6) is -0.763. The van der Waals surface area contributed by atoms with Crippen LogP contribution in [-0.4, -0.2) is 17.4 Å². The topological polar surface area (TPSA) is 46.5 Å². The minimum Gasteiger partial charge on any atom is -0.435 e. The van der Waals surface area contributed by atoms with Gasteiger partial charge in [0.25, 0.3) is 0 Å². The molecular formula is C10H12O3. The van der Waals surface area contributed by atoms with Crippen LogP contribution in [0.5, 0.6) is 0 Å². The van der Waals surface area contributed by atoms with E-state index in [0.717, 1.165) is 11.1 Å². The minimum atomic E-state index is -0.960. The molecule has 0 spiro atoms. The van der Waals surface area contributed by atoms with Crippen molar-refractivity contribution in [3.8, 4) is 0 Å². The second kappa shape index (κ2) is 2.70. The average molecular weight is 180 g/mol. The number of allylic oxidation sites excluding steroid dienone is 2. The molecule has 13 heavy (non-hydrogen) atoms. The van der Waals surface area contributed by atoms with Crippen molar-refractivity contribution in [2.24, 2.45) is 11.8 Å². The summed E-state index contributed by atoms with van der Waals surface area (Å²) in [5.41, 5.74) is 2.08. The molecule has 0 aromatic rings. The van der Waals surface area contributed by atoms with Crippen LogP contribution in [0.2, 0.25) is 0 Å². The first-order valence-corrected chi connectivity index (χ1v) is 4.35. The molecule has 1 saturated heterocycles. The molecule has 1 heterocycles. The van der Waals surface area contributed by atoms with Crippen LogP contribution in [0, 0.1) is 11.8 Å². The van der Waals surface area contributed by atoms with E-state index in [0.29, 0.717) is 0 Å². The van der Waals surface area contributed by atoms with Gasteiger partial charge in [-0.25, -0.2) is 0 Å². The molecule has 1 N–H and O–H groups in total. The number of cyclic esters (lactones) is 1. The van der Waals surface area contributed by atoms with Crippen LogP contribution in [0.3, 0.4) is 0 Å². The number of hydrogen-bond donors (Lipinski definition) is 1. The average Bonchev–Trinajstić information content (AvgIpc) is 2.27. The SMILES string of the molecule is CC1=CC2C(=O)OC(O)C2C(C)=C1. The van der Waals surface area contributed by atoms with E-state index < -0.39 is 6.29 Å². The highest BCUT2D eigenvalue weighted by molar-refractivity contribution is 5.78. The lowest BCUT2D eigenvalue weighted by Crippen LogP contribution is -2.23. The Labute approximate surface area is 76.7 Å². The Morgan fingerprint density at radius 1 is 1.46 bits per heavy atom. The van der Waals surface area contributed by atoms with Gasteiger partial charge in [0.15, 0.2) is 0 Å². The quantitative estimate of drug-likeness (QED) is 0.566. The smallest absolute Gasteiger partial charge is 0.315 e. The van der Waals surface area contributed by atoms with Crippen LogP contribution in [0.1, 0.15) is 13.8 Å². The number of esters is 1. The van der Waals surface area contributed by atoms with Crippen LogP contribution in [0.25, 0.3) is 0 Å². The second-order valence-corrected chi connectivity index (χ2v) is 3.68. The Balaban J connectivity index is 2.39. The Morgan fingerprint density at radius 3 is 2.85 bits per heavy atom. The molecule has 0 aromatic heterocycles. The van der Waals surface area contributed by atoms with E-state index in [1.165, 1.54) is 0 Å². The predicted molar refractivity (Wildman–Crippen MR) is 46.6 cm³/mol. The number of hydrogen-bond acceptors (Lipinski definition) is 3. The molecule has 3 atom stereocenters. The minimum absolute atomic E-state index is 0.170. The summed E-state index contributed by atoms with van der Waals surface area (Å²) >= 11 is 0. The number of aliphatic hydroxyl groups is 1. The van der Waals surface area contributed by atoms with Crippen molar-refractivity contribution in [1.29, 1.82) is 0 Å². The van der Waals surface area contributed by atoms with Crippen molar-refractivity contribution >= 4 is 5.97 Å². The number of rotatable bonds is 0. The van der Waals surface area contributed by atoms with E-state index in [1.807, 2.05) is 26.0 Å². The molecule has 1 aliphatic carbocycles. The molecule has 3 unspecified atom stereocenters. The van der Waals surface area contributed by atoms with Crippen molar-refractivity contribution in [1.82, 2.24) is 0 Å². The van der Waals surface area contributed by atoms with Crippen molar-refractivity contribution in [3.63, 3.8) is 0 Å². The van der Waals surface area contributed by atoms with E-state index in [4.69, 9.17) is 4.74 Å². The van der Waals surface area contributed by atoms with Gasteiger partial charge in [-0.3, -0.25) is 4.79 Å². The first kappa shape index (κ1) is 8.51. The molecule has 2 aliphatic rings. The number of carbonyl (C=O) groups is 1. The van der Waals surface area contributed by atoms with Gasteiger partial charge in [0.2, 0.25) is 6.29 Å². The fourth-order valence-corrected chi connectivity index (χ4v) is 2.06. The number of fused-ring (bicyclic) bond motifs is 1. The van der Waals surface area contributed by atoms with E-state index >= 15 is 0 Å². The normalized spacial score (nSPS) is 37.8. The highest BCUT2D eigenvalue weighted by atomic mass is 16.6. The molecule has 0 radical (unpaired) electrons. The van der Waals surface area contributed by atoms with Gasteiger partial charge >= 0.3 is 5.97 Å². The van der Waals surface area contributed by atoms with E-state index in [9.17, 15) is 9.90 Å².